The largest absolute Gasteiger partial charge is 0.497 e. The summed E-state index contributed by atoms with van der Waals surface area (Å²) in [5.74, 6) is 0.402. The molecule has 2 heterocycles. The lowest BCUT2D eigenvalue weighted by molar-refractivity contribution is -0.145. The van der Waals surface area contributed by atoms with E-state index in [-0.39, 0.29) is 12.5 Å². The number of benzene rings is 1. The van der Waals surface area contributed by atoms with Gasteiger partial charge in [-0.05, 0) is 56.7 Å². The molecule has 0 bridgehead atoms. The van der Waals surface area contributed by atoms with E-state index in [1.165, 1.54) is 16.8 Å². The van der Waals surface area contributed by atoms with Gasteiger partial charge in [0, 0.05) is 12.5 Å². The van der Waals surface area contributed by atoms with E-state index in [0.717, 1.165) is 11.4 Å². The molecule has 0 saturated carbocycles. The lowest BCUT2D eigenvalue weighted by Gasteiger charge is -2.27. The molecule has 29 heavy (non-hydrogen) atoms. The van der Waals surface area contributed by atoms with Gasteiger partial charge in [-0.1, -0.05) is 0 Å². The van der Waals surface area contributed by atoms with Crippen LogP contribution in [0, 0.1) is 0 Å². The molecule has 1 aromatic heterocycles. The summed E-state index contributed by atoms with van der Waals surface area (Å²) in [6.45, 7) is 5.55. The fourth-order valence-electron chi connectivity index (χ4n) is 3.12. The Morgan fingerprint density at radius 2 is 1.83 bits per heavy atom. The Morgan fingerprint density at radius 1 is 1.14 bits per heavy atom. The van der Waals surface area contributed by atoms with Crippen molar-refractivity contribution < 1.29 is 23.8 Å². The molecule has 1 aliphatic heterocycles. The molecule has 0 aliphatic carbocycles. The maximum absolute atomic E-state index is 12.6. The average molecular weight is 403 g/mol. The van der Waals surface area contributed by atoms with Crippen LogP contribution in [0.25, 0.3) is 5.69 Å². The second-order valence-corrected chi connectivity index (χ2v) is 7.74. The summed E-state index contributed by atoms with van der Waals surface area (Å²) in [7, 11) is 2.89. The van der Waals surface area contributed by atoms with Crippen LogP contribution >= 0.6 is 0 Å². The van der Waals surface area contributed by atoms with Crippen LogP contribution in [-0.2, 0) is 14.3 Å². The van der Waals surface area contributed by atoms with Crippen molar-refractivity contribution in [2.24, 2.45) is 0 Å². The number of carbonyl (C=O) groups excluding carboxylic acids is 2. The number of ether oxygens (including phenoxy) is 3. The minimum Gasteiger partial charge on any atom is -0.497 e. The molecule has 0 spiro atoms. The highest BCUT2D eigenvalue weighted by Gasteiger charge is 2.44. The van der Waals surface area contributed by atoms with Crippen LogP contribution in [0.2, 0.25) is 0 Å². The molecule has 10 heteroatoms. The Balaban J connectivity index is 1.79. The maximum atomic E-state index is 12.6. The predicted molar refractivity (Wildman–Crippen MR) is 102 cm³/mol. The first kappa shape index (κ1) is 20.6. The topological polar surface area (TPSA) is 109 Å². The van der Waals surface area contributed by atoms with Crippen LogP contribution in [0.15, 0.2) is 24.3 Å². The van der Waals surface area contributed by atoms with Crippen LogP contribution in [-0.4, -0.2) is 69.6 Å². The van der Waals surface area contributed by atoms with Gasteiger partial charge in [0.2, 0.25) is 0 Å². The summed E-state index contributed by atoms with van der Waals surface area (Å²) in [4.78, 5) is 27.6. The van der Waals surface area contributed by atoms with E-state index >= 15 is 0 Å². The molecule has 0 unspecified atom stereocenters. The smallest absolute Gasteiger partial charge is 0.411 e. The van der Waals surface area contributed by atoms with Crippen LogP contribution in [0.5, 0.6) is 5.75 Å². The zero-order chi connectivity index (χ0) is 21.2. The summed E-state index contributed by atoms with van der Waals surface area (Å²) < 4.78 is 15.4. The molecule has 156 valence electrons. The van der Waals surface area contributed by atoms with Gasteiger partial charge in [-0.3, -0.25) is 4.90 Å². The van der Waals surface area contributed by atoms with Crippen molar-refractivity contribution in [3.63, 3.8) is 0 Å². The van der Waals surface area contributed by atoms with Crippen molar-refractivity contribution in [2.75, 3.05) is 20.8 Å². The molecule has 0 radical (unpaired) electrons. The Labute approximate surface area is 168 Å². The van der Waals surface area contributed by atoms with Crippen LogP contribution in [0.4, 0.5) is 4.79 Å². The van der Waals surface area contributed by atoms with Gasteiger partial charge in [-0.2, -0.15) is 0 Å². The molecule has 2 aromatic rings. The summed E-state index contributed by atoms with van der Waals surface area (Å²) in [5.41, 5.74) is 0.0436. The van der Waals surface area contributed by atoms with Crippen molar-refractivity contribution >= 4 is 12.1 Å². The highest BCUT2D eigenvalue weighted by molar-refractivity contribution is 5.82. The molecule has 1 aliphatic rings. The average Bonchev–Trinajstić information content (AvgIpc) is 3.33. The number of tetrazole rings is 1. The fraction of sp³-hybridized carbons (Fsp3) is 0.526. The second kappa shape index (κ2) is 8.06. The molecule has 1 saturated heterocycles. The molecule has 10 nitrogen and oxygen atoms in total. The van der Waals surface area contributed by atoms with Crippen LogP contribution in [0.1, 0.15) is 38.9 Å². The number of amides is 1. The first-order chi connectivity index (χ1) is 13.7. The highest BCUT2D eigenvalue weighted by atomic mass is 16.6. The molecule has 1 aromatic carbocycles. The van der Waals surface area contributed by atoms with E-state index < -0.39 is 23.7 Å². The Bertz CT molecular complexity index is 874. The lowest BCUT2D eigenvalue weighted by Crippen LogP contribution is -2.43. The molecule has 3 rings (SSSR count). The van der Waals surface area contributed by atoms with Gasteiger partial charge in [-0.25, -0.2) is 9.59 Å². The number of esters is 1. The number of likely N-dealkylation sites (tertiary alicyclic amines) is 1. The van der Waals surface area contributed by atoms with E-state index in [2.05, 4.69) is 15.4 Å². The third kappa shape index (κ3) is 4.64. The second-order valence-electron chi connectivity index (χ2n) is 7.74. The van der Waals surface area contributed by atoms with Crippen LogP contribution < -0.4 is 4.74 Å². The highest BCUT2D eigenvalue weighted by Crippen LogP contribution is 2.31. The predicted octanol–water partition coefficient (Wildman–Crippen LogP) is 1.94. The van der Waals surface area contributed by atoms with Gasteiger partial charge < -0.3 is 14.2 Å². The molecular formula is C19H25N5O5. The maximum Gasteiger partial charge on any atom is 0.411 e. The Morgan fingerprint density at radius 3 is 2.41 bits per heavy atom. The van der Waals surface area contributed by atoms with Gasteiger partial charge in [0.05, 0.1) is 19.9 Å². The summed E-state index contributed by atoms with van der Waals surface area (Å²) >= 11 is 0. The van der Waals surface area contributed by atoms with E-state index in [4.69, 9.17) is 14.2 Å². The third-order valence-corrected chi connectivity index (χ3v) is 4.50. The summed E-state index contributed by atoms with van der Waals surface area (Å²) in [5, 5.41) is 12.6. The number of hydrogen-bond donors (Lipinski definition) is 0. The van der Waals surface area contributed by atoms with Gasteiger partial charge >= 0.3 is 12.1 Å². The number of rotatable bonds is 4. The minimum absolute atomic E-state index is 0.239. The summed E-state index contributed by atoms with van der Waals surface area (Å²) in [6, 6.07) is 6.45. The molecule has 0 N–H and O–H groups in total. The number of nitrogens with zero attached hydrogens (tertiary/aromatic N) is 5. The van der Waals surface area contributed by atoms with Crippen molar-refractivity contribution in [3.05, 3.63) is 30.1 Å². The SMILES string of the molecule is COC(=O)[C@H]1C[C@@H](c2nnn(-c3ccc(OC)cc3)n2)CN1C(=O)OC(C)(C)C. The zero-order valence-corrected chi connectivity index (χ0v) is 17.2. The number of carbonyl (C=O) groups is 2. The molecule has 1 fully saturated rings. The molecule has 1 amide bonds. The summed E-state index contributed by atoms with van der Waals surface area (Å²) in [6.07, 6.45) is -0.238. The Hall–Kier alpha value is -3.17. The number of hydrogen-bond acceptors (Lipinski definition) is 8. The first-order valence-corrected chi connectivity index (χ1v) is 9.23. The third-order valence-electron chi connectivity index (χ3n) is 4.50. The van der Waals surface area contributed by atoms with Crippen molar-refractivity contribution in [1.29, 1.82) is 0 Å². The zero-order valence-electron chi connectivity index (χ0n) is 17.2. The van der Waals surface area contributed by atoms with Crippen molar-refractivity contribution in [3.8, 4) is 11.4 Å². The molecule has 2 atom stereocenters. The normalized spacial score (nSPS) is 19.1. The minimum atomic E-state index is -0.757. The van der Waals surface area contributed by atoms with E-state index in [0.29, 0.717) is 12.2 Å². The molecular weight excluding hydrogens is 378 g/mol. The van der Waals surface area contributed by atoms with Crippen molar-refractivity contribution in [1.82, 2.24) is 25.1 Å². The Kier molecular flexibility index (Phi) is 5.71. The van der Waals surface area contributed by atoms with E-state index in [1.54, 1.807) is 40.0 Å². The standard InChI is InChI=1S/C19H25N5O5/c1-19(2,3)29-18(26)23-11-12(10-15(23)17(25)28-5)16-20-22-24(21-16)13-6-8-14(27-4)9-7-13/h6-9,12,15H,10-11H2,1-5H3/t12-,15-/m1/s1. The van der Waals surface area contributed by atoms with Gasteiger partial charge in [0.1, 0.15) is 17.4 Å². The van der Waals surface area contributed by atoms with E-state index in [9.17, 15) is 9.59 Å². The number of methoxy groups -OCH3 is 2. The van der Waals surface area contributed by atoms with Gasteiger partial charge in [-0.15, -0.1) is 15.0 Å². The number of aromatic nitrogens is 4. The lowest BCUT2D eigenvalue weighted by atomic mass is 10.1. The fourth-order valence-corrected chi connectivity index (χ4v) is 3.12. The van der Waals surface area contributed by atoms with Crippen molar-refractivity contribution in [2.45, 2.75) is 44.8 Å². The monoisotopic (exact) mass is 403 g/mol. The van der Waals surface area contributed by atoms with Gasteiger partial charge in [0.15, 0.2) is 5.82 Å². The first-order valence-electron chi connectivity index (χ1n) is 9.23. The van der Waals surface area contributed by atoms with Gasteiger partial charge in [0.25, 0.3) is 0 Å². The quantitative estimate of drug-likeness (QED) is 0.713. The van der Waals surface area contributed by atoms with Crippen LogP contribution in [0.3, 0.4) is 0 Å². The van der Waals surface area contributed by atoms with E-state index in [1.807, 2.05) is 12.1 Å².